The molecule has 0 bridgehead atoms. The Hall–Kier alpha value is -1.53. The van der Waals surface area contributed by atoms with Gasteiger partial charge in [0.15, 0.2) is 0 Å². The zero-order valence-electron chi connectivity index (χ0n) is 10.2. The molecule has 0 amide bonds. The summed E-state index contributed by atoms with van der Waals surface area (Å²) in [5.74, 6) is 6.16. The van der Waals surface area contributed by atoms with Crippen molar-refractivity contribution in [2.45, 2.75) is 20.3 Å². The maximum absolute atomic E-state index is 13.1. The molecule has 0 unspecified atom stereocenters. The zero-order valence-corrected chi connectivity index (χ0v) is 10.2. The predicted molar refractivity (Wildman–Crippen MR) is 65.3 cm³/mol. The van der Waals surface area contributed by atoms with Gasteiger partial charge in [-0.1, -0.05) is 25.7 Å². The van der Waals surface area contributed by atoms with Gasteiger partial charge in [-0.05, 0) is 18.1 Å². The number of hydrogen-bond donors (Lipinski definition) is 1. The van der Waals surface area contributed by atoms with Crippen LogP contribution in [-0.2, 0) is 0 Å². The molecule has 0 aliphatic heterocycles. The van der Waals surface area contributed by atoms with Crippen LogP contribution >= 0.6 is 0 Å². The third-order valence-electron chi connectivity index (χ3n) is 1.98. The van der Waals surface area contributed by atoms with E-state index in [-0.39, 0.29) is 12.4 Å². The van der Waals surface area contributed by atoms with Gasteiger partial charge >= 0.3 is 0 Å². The lowest BCUT2D eigenvalue weighted by atomic mass is 10.2. The summed E-state index contributed by atoms with van der Waals surface area (Å²) in [4.78, 5) is 0. The van der Waals surface area contributed by atoms with Crippen LogP contribution in [0.3, 0.4) is 0 Å². The summed E-state index contributed by atoms with van der Waals surface area (Å²) in [6, 6.07) is 4.28. The van der Waals surface area contributed by atoms with Gasteiger partial charge in [-0.15, -0.1) is 0 Å². The number of rotatable bonds is 4. The van der Waals surface area contributed by atoms with E-state index in [1.165, 1.54) is 12.1 Å². The van der Waals surface area contributed by atoms with Crippen LogP contribution in [0, 0.1) is 23.6 Å². The highest BCUT2D eigenvalue weighted by atomic mass is 19.1. The summed E-state index contributed by atoms with van der Waals surface area (Å²) >= 11 is 0. The molecule has 0 heterocycles. The highest BCUT2D eigenvalue weighted by Crippen LogP contribution is 2.19. The highest BCUT2D eigenvalue weighted by Gasteiger charge is 2.04. The first-order valence-corrected chi connectivity index (χ1v) is 5.65. The first-order chi connectivity index (χ1) is 8.13. The van der Waals surface area contributed by atoms with Gasteiger partial charge in [0.05, 0.1) is 18.8 Å². The lowest BCUT2D eigenvalue weighted by molar-refractivity contribution is 0.269. The molecule has 0 aliphatic carbocycles. The standard InChI is InChI=1S/C14H17FO2/c1-11(2)10-17-14-9-13(15)7-6-12(14)5-3-4-8-16/h6-7,9,11,16H,4,8,10H2,1-2H3. The third-order valence-corrected chi connectivity index (χ3v) is 1.98. The lowest BCUT2D eigenvalue weighted by Gasteiger charge is -2.10. The molecule has 1 aromatic rings. The molecule has 1 aromatic carbocycles. The smallest absolute Gasteiger partial charge is 0.137 e. The fourth-order valence-electron chi connectivity index (χ4n) is 1.19. The quantitative estimate of drug-likeness (QED) is 0.814. The minimum Gasteiger partial charge on any atom is -0.492 e. The minimum atomic E-state index is -0.337. The summed E-state index contributed by atoms with van der Waals surface area (Å²) in [6.07, 6.45) is 0.404. The molecule has 0 atom stereocenters. The van der Waals surface area contributed by atoms with E-state index in [1.807, 2.05) is 13.8 Å². The van der Waals surface area contributed by atoms with Crippen molar-refractivity contribution in [3.05, 3.63) is 29.6 Å². The Balaban J connectivity index is 2.85. The molecule has 0 spiro atoms. The van der Waals surface area contributed by atoms with E-state index >= 15 is 0 Å². The normalized spacial score (nSPS) is 9.94. The van der Waals surface area contributed by atoms with E-state index in [1.54, 1.807) is 6.07 Å². The second-order valence-corrected chi connectivity index (χ2v) is 4.12. The first kappa shape index (κ1) is 13.5. The number of aliphatic hydroxyl groups excluding tert-OH is 1. The molecule has 0 saturated carbocycles. The van der Waals surface area contributed by atoms with Gasteiger partial charge in [-0.3, -0.25) is 0 Å². The van der Waals surface area contributed by atoms with Crippen molar-refractivity contribution in [1.82, 2.24) is 0 Å². The molecule has 0 radical (unpaired) electrons. The van der Waals surface area contributed by atoms with Crippen LogP contribution in [0.25, 0.3) is 0 Å². The number of halogens is 1. The topological polar surface area (TPSA) is 29.5 Å². The molecule has 17 heavy (non-hydrogen) atoms. The van der Waals surface area contributed by atoms with Crippen LogP contribution in [-0.4, -0.2) is 18.3 Å². The van der Waals surface area contributed by atoms with Crippen LogP contribution < -0.4 is 4.74 Å². The van der Waals surface area contributed by atoms with E-state index in [4.69, 9.17) is 9.84 Å². The summed E-state index contributed by atoms with van der Waals surface area (Å²) in [5.41, 5.74) is 0.653. The number of hydrogen-bond acceptors (Lipinski definition) is 2. The fraction of sp³-hybridized carbons (Fsp3) is 0.429. The Kier molecular flexibility index (Phi) is 5.51. The van der Waals surface area contributed by atoms with Gasteiger partial charge in [0.2, 0.25) is 0 Å². The molecule has 0 aromatic heterocycles. The Morgan fingerprint density at radius 2 is 2.18 bits per heavy atom. The third kappa shape index (κ3) is 4.88. The van der Waals surface area contributed by atoms with Crippen LogP contribution in [0.1, 0.15) is 25.8 Å². The Bertz CT molecular complexity index is 416. The second-order valence-electron chi connectivity index (χ2n) is 4.12. The Morgan fingerprint density at radius 1 is 1.41 bits per heavy atom. The van der Waals surface area contributed by atoms with Crippen LogP contribution in [0.5, 0.6) is 5.75 Å². The minimum absolute atomic E-state index is 0.0242. The van der Waals surface area contributed by atoms with Gasteiger partial charge in [-0.2, -0.15) is 0 Å². The molecule has 2 nitrogen and oxygen atoms in total. The van der Waals surface area contributed by atoms with Crippen molar-refractivity contribution in [2.24, 2.45) is 5.92 Å². The van der Waals surface area contributed by atoms with Crippen molar-refractivity contribution in [3.8, 4) is 17.6 Å². The van der Waals surface area contributed by atoms with E-state index in [9.17, 15) is 4.39 Å². The van der Waals surface area contributed by atoms with Crippen molar-refractivity contribution >= 4 is 0 Å². The fourth-order valence-corrected chi connectivity index (χ4v) is 1.19. The summed E-state index contributed by atoms with van der Waals surface area (Å²) in [7, 11) is 0. The lowest BCUT2D eigenvalue weighted by Crippen LogP contribution is -2.05. The molecule has 0 saturated heterocycles. The maximum Gasteiger partial charge on any atom is 0.137 e. The predicted octanol–water partition coefficient (Wildman–Crippen LogP) is 2.59. The first-order valence-electron chi connectivity index (χ1n) is 5.65. The summed E-state index contributed by atoms with van der Waals surface area (Å²) < 4.78 is 18.6. The SMILES string of the molecule is CC(C)COc1cc(F)ccc1C#CCCO. The summed E-state index contributed by atoms with van der Waals surface area (Å²) in [6.45, 7) is 4.60. The van der Waals surface area contributed by atoms with E-state index in [0.29, 0.717) is 30.3 Å². The van der Waals surface area contributed by atoms with Gasteiger partial charge in [0, 0.05) is 12.5 Å². The molecule has 1 rings (SSSR count). The Labute approximate surface area is 101 Å². The average Bonchev–Trinajstić information content (AvgIpc) is 2.29. The van der Waals surface area contributed by atoms with Crippen LogP contribution in [0.15, 0.2) is 18.2 Å². The van der Waals surface area contributed by atoms with E-state index in [0.717, 1.165) is 0 Å². The van der Waals surface area contributed by atoms with Crippen molar-refractivity contribution in [3.63, 3.8) is 0 Å². The van der Waals surface area contributed by atoms with Crippen LogP contribution in [0.4, 0.5) is 4.39 Å². The maximum atomic E-state index is 13.1. The molecule has 0 fully saturated rings. The largest absolute Gasteiger partial charge is 0.492 e. The molecular weight excluding hydrogens is 219 g/mol. The van der Waals surface area contributed by atoms with Crippen LogP contribution in [0.2, 0.25) is 0 Å². The van der Waals surface area contributed by atoms with Gasteiger partial charge in [0.1, 0.15) is 11.6 Å². The zero-order chi connectivity index (χ0) is 12.7. The number of aliphatic hydroxyl groups is 1. The average molecular weight is 236 g/mol. The molecule has 3 heteroatoms. The molecular formula is C14H17FO2. The van der Waals surface area contributed by atoms with E-state index in [2.05, 4.69) is 11.8 Å². The number of benzene rings is 1. The summed E-state index contributed by atoms with van der Waals surface area (Å²) in [5, 5.41) is 8.64. The highest BCUT2D eigenvalue weighted by molar-refractivity contribution is 5.46. The van der Waals surface area contributed by atoms with Gasteiger partial charge in [0.25, 0.3) is 0 Å². The van der Waals surface area contributed by atoms with Crippen molar-refractivity contribution in [2.75, 3.05) is 13.2 Å². The molecule has 0 aliphatic rings. The van der Waals surface area contributed by atoms with Gasteiger partial charge < -0.3 is 9.84 Å². The second kappa shape index (κ2) is 6.93. The van der Waals surface area contributed by atoms with Crippen molar-refractivity contribution in [1.29, 1.82) is 0 Å². The Morgan fingerprint density at radius 3 is 2.82 bits per heavy atom. The van der Waals surface area contributed by atoms with Crippen molar-refractivity contribution < 1.29 is 14.2 Å². The molecule has 92 valence electrons. The number of ether oxygens (including phenoxy) is 1. The van der Waals surface area contributed by atoms with E-state index < -0.39 is 0 Å². The molecule has 1 N–H and O–H groups in total. The monoisotopic (exact) mass is 236 g/mol. The van der Waals surface area contributed by atoms with Gasteiger partial charge in [-0.25, -0.2) is 4.39 Å².